The van der Waals surface area contributed by atoms with Crippen LogP contribution in [0.4, 0.5) is 0 Å². The van der Waals surface area contributed by atoms with Crippen LogP contribution in [0.25, 0.3) is 0 Å². The lowest BCUT2D eigenvalue weighted by molar-refractivity contribution is 0.149. The minimum absolute atomic E-state index is 0.743. The second kappa shape index (κ2) is 8.82. The first-order valence-electron chi connectivity index (χ1n) is 8.87. The molecule has 1 heterocycles. The summed E-state index contributed by atoms with van der Waals surface area (Å²) in [5.41, 5.74) is 0. The molecule has 0 aliphatic carbocycles. The van der Waals surface area contributed by atoms with E-state index >= 15 is 0 Å². The molecule has 1 aliphatic heterocycles. The molecule has 0 N–H and O–H groups in total. The van der Waals surface area contributed by atoms with Crippen molar-refractivity contribution in [2.24, 2.45) is 0 Å². The number of nitrogens with zero attached hydrogens (tertiary/aromatic N) is 1. The molecule has 0 saturated carbocycles. The number of hydrogen-bond donors (Lipinski definition) is 0. The molecule has 2 unspecified atom stereocenters. The van der Waals surface area contributed by atoms with Crippen LogP contribution in [-0.2, 0) is 8.85 Å². The second-order valence-electron chi connectivity index (χ2n) is 7.47. The summed E-state index contributed by atoms with van der Waals surface area (Å²) in [7, 11) is -3.10. The molecule has 0 aromatic heterocycles. The smallest absolute Gasteiger partial charge is 0.334 e. The van der Waals surface area contributed by atoms with Gasteiger partial charge in [-0.3, -0.25) is 0 Å². The van der Waals surface area contributed by atoms with E-state index in [1.807, 2.05) is 0 Å². The summed E-state index contributed by atoms with van der Waals surface area (Å²) >= 11 is 0. The highest BCUT2D eigenvalue weighted by atomic mass is 28.4. The van der Waals surface area contributed by atoms with Crippen molar-refractivity contribution in [1.29, 1.82) is 0 Å². The predicted molar refractivity (Wildman–Crippen MR) is 96.6 cm³/mol. The standard InChI is InChI=1S/C16H37NO2Si2/c1-7-15-21(6,18-8-2)19-14-12-16-11-9-10-13-17(16)20(3,4)5/h16H,7-15H2,1-6H3. The third-order valence-electron chi connectivity index (χ3n) is 4.50. The fraction of sp³-hybridized carbons (Fsp3) is 1.00. The lowest BCUT2D eigenvalue weighted by Crippen LogP contribution is -2.54. The van der Waals surface area contributed by atoms with Gasteiger partial charge in [-0.2, -0.15) is 0 Å². The summed E-state index contributed by atoms with van der Waals surface area (Å²) in [5.74, 6) is 0. The summed E-state index contributed by atoms with van der Waals surface area (Å²) in [6.07, 6.45) is 6.47. The van der Waals surface area contributed by atoms with Crippen LogP contribution < -0.4 is 0 Å². The summed E-state index contributed by atoms with van der Waals surface area (Å²) in [6, 6.07) is 1.86. The molecule has 0 aromatic carbocycles. The maximum absolute atomic E-state index is 6.28. The monoisotopic (exact) mass is 331 g/mol. The Morgan fingerprint density at radius 1 is 1.05 bits per heavy atom. The topological polar surface area (TPSA) is 21.7 Å². The van der Waals surface area contributed by atoms with Gasteiger partial charge in [0.15, 0.2) is 0 Å². The molecule has 126 valence electrons. The van der Waals surface area contributed by atoms with Gasteiger partial charge in [0.1, 0.15) is 8.24 Å². The van der Waals surface area contributed by atoms with Crippen LogP contribution in [0.1, 0.15) is 46.0 Å². The Morgan fingerprint density at radius 2 is 1.76 bits per heavy atom. The zero-order valence-electron chi connectivity index (χ0n) is 15.2. The largest absolute Gasteiger partial charge is 0.395 e. The molecule has 1 fully saturated rings. The first-order chi connectivity index (χ1) is 9.82. The van der Waals surface area contributed by atoms with Gasteiger partial charge in [0, 0.05) is 19.3 Å². The third-order valence-corrected chi connectivity index (χ3v) is 9.94. The van der Waals surface area contributed by atoms with Crippen molar-refractivity contribution in [3.8, 4) is 0 Å². The van der Waals surface area contributed by atoms with Crippen molar-refractivity contribution in [2.75, 3.05) is 19.8 Å². The van der Waals surface area contributed by atoms with Gasteiger partial charge < -0.3 is 13.4 Å². The summed E-state index contributed by atoms with van der Waals surface area (Å²) in [6.45, 7) is 16.9. The minimum atomic E-state index is -1.91. The number of piperidine rings is 1. The number of hydrogen-bond acceptors (Lipinski definition) is 3. The average Bonchev–Trinajstić information content (AvgIpc) is 2.38. The van der Waals surface area contributed by atoms with Gasteiger partial charge in [-0.05, 0) is 45.3 Å². The van der Waals surface area contributed by atoms with E-state index in [0.29, 0.717) is 0 Å². The molecular formula is C16H37NO2Si2. The molecule has 0 spiro atoms. The van der Waals surface area contributed by atoms with Crippen molar-refractivity contribution in [1.82, 2.24) is 4.57 Å². The SMILES string of the molecule is CCC[Si](C)(OCC)OCCC1CCCCN1[Si](C)(C)C. The van der Waals surface area contributed by atoms with Gasteiger partial charge in [0.2, 0.25) is 0 Å². The van der Waals surface area contributed by atoms with Gasteiger partial charge in [-0.1, -0.05) is 39.4 Å². The maximum Gasteiger partial charge on any atom is 0.334 e. The maximum atomic E-state index is 6.28. The summed E-state index contributed by atoms with van der Waals surface area (Å²) in [5, 5.41) is 0. The normalized spacial score (nSPS) is 24.0. The van der Waals surface area contributed by atoms with E-state index in [2.05, 4.69) is 44.6 Å². The molecular weight excluding hydrogens is 294 g/mol. The highest BCUT2D eigenvalue weighted by Gasteiger charge is 2.34. The van der Waals surface area contributed by atoms with Crippen molar-refractivity contribution >= 4 is 16.8 Å². The van der Waals surface area contributed by atoms with E-state index in [4.69, 9.17) is 8.85 Å². The predicted octanol–water partition coefficient (Wildman–Crippen LogP) is 4.60. The molecule has 1 aliphatic rings. The van der Waals surface area contributed by atoms with Gasteiger partial charge in [-0.15, -0.1) is 0 Å². The molecule has 2 atom stereocenters. The Kier molecular flexibility index (Phi) is 8.13. The van der Waals surface area contributed by atoms with Crippen molar-refractivity contribution in [2.45, 2.75) is 84.2 Å². The van der Waals surface area contributed by atoms with Crippen LogP contribution in [0.15, 0.2) is 0 Å². The average molecular weight is 332 g/mol. The van der Waals surface area contributed by atoms with Crippen LogP contribution in [0.3, 0.4) is 0 Å². The first-order valence-corrected chi connectivity index (χ1v) is 14.8. The van der Waals surface area contributed by atoms with Crippen molar-refractivity contribution in [3.05, 3.63) is 0 Å². The van der Waals surface area contributed by atoms with E-state index in [9.17, 15) is 0 Å². The van der Waals surface area contributed by atoms with Gasteiger partial charge in [-0.25, -0.2) is 0 Å². The fourth-order valence-electron chi connectivity index (χ4n) is 3.54. The Labute approximate surface area is 134 Å². The lowest BCUT2D eigenvalue weighted by Gasteiger charge is -2.44. The fourth-order valence-corrected chi connectivity index (χ4v) is 8.16. The third kappa shape index (κ3) is 6.52. The quantitative estimate of drug-likeness (QED) is 0.576. The van der Waals surface area contributed by atoms with Gasteiger partial charge in [0.05, 0.1) is 0 Å². The summed E-state index contributed by atoms with van der Waals surface area (Å²) in [4.78, 5) is 0. The van der Waals surface area contributed by atoms with Crippen molar-refractivity contribution < 1.29 is 8.85 Å². The Hall–Kier alpha value is 0.314. The highest BCUT2D eigenvalue weighted by molar-refractivity contribution is 6.73. The van der Waals surface area contributed by atoms with Crippen LogP contribution >= 0.6 is 0 Å². The molecule has 0 radical (unpaired) electrons. The van der Waals surface area contributed by atoms with E-state index in [-0.39, 0.29) is 0 Å². The molecule has 3 nitrogen and oxygen atoms in total. The van der Waals surface area contributed by atoms with Gasteiger partial charge in [0.25, 0.3) is 0 Å². The van der Waals surface area contributed by atoms with Crippen LogP contribution in [0, 0.1) is 0 Å². The van der Waals surface area contributed by atoms with E-state index in [1.165, 1.54) is 32.2 Å². The van der Waals surface area contributed by atoms with E-state index in [0.717, 1.165) is 31.7 Å². The zero-order chi connectivity index (χ0) is 15.9. The van der Waals surface area contributed by atoms with E-state index < -0.39 is 16.8 Å². The van der Waals surface area contributed by atoms with Crippen LogP contribution in [0.5, 0.6) is 0 Å². The Morgan fingerprint density at radius 3 is 2.33 bits per heavy atom. The molecule has 5 heteroatoms. The molecule has 1 rings (SSSR count). The minimum Gasteiger partial charge on any atom is -0.395 e. The lowest BCUT2D eigenvalue weighted by atomic mass is 10.0. The highest BCUT2D eigenvalue weighted by Crippen LogP contribution is 2.26. The van der Waals surface area contributed by atoms with Gasteiger partial charge >= 0.3 is 8.56 Å². The molecule has 21 heavy (non-hydrogen) atoms. The second-order valence-corrected chi connectivity index (χ2v) is 15.7. The Bertz CT molecular complexity index is 288. The molecule has 0 amide bonds. The number of rotatable bonds is 9. The van der Waals surface area contributed by atoms with Crippen LogP contribution in [0.2, 0.25) is 32.2 Å². The first kappa shape index (κ1) is 19.4. The van der Waals surface area contributed by atoms with Crippen LogP contribution in [-0.4, -0.2) is 47.2 Å². The molecule has 0 aromatic rings. The summed E-state index contributed by atoms with van der Waals surface area (Å²) < 4.78 is 15.1. The van der Waals surface area contributed by atoms with E-state index in [1.54, 1.807) is 0 Å². The Balaban J connectivity index is 2.48. The molecule has 1 saturated heterocycles. The molecule has 0 bridgehead atoms. The van der Waals surface area contributed by atoms with Crippen molar-refractivity contribution in [3.63, 3.8) is 0 Å². The zero-order valence-corrected chi connectivity index (χ0v) is 17.2.